The molecule has 0 spiro atoms. The highest BCUT2D eigenvalue weighted by Crippen LogP contribution is 2.39. The van der Waals surface area contributed by atoms with Crippen molar-refractivity contribution in [3.8, 4) is 0 Å². The van der Waals surface area contributed by atoms with Gasteiger partial charge in [-0.1, -0.05) is 36.6 Å². The minimum Gasteiger partial charge on any atom is -0.375 e. The predicted octanol–water partition coefficient (Wildman–Crippen LogP) is 3.03. The van der Waals surface area contributed by atoms with E-state index in [0.29, 0.717) is 13.0 Å². The second-order valence-corrected chi connectivity index (χ2v) is 6.69. The van der Waals surface area contributed by atoms with Gasteiger partial charge in [-0.3, -0.25) is 4.79 Å². The number of carbonyl (C=O) groups excluding carboxylic acids is 1. The molecule has 1 aliphatic heterocycles. The van der Waals surface area contributed by atoms with Crippen molar-refractivity contribution in [2.24, 2.45) is 0 Å². The molecule has 0 radical (unpaired) electrons. The van der Waals surface area contributed by atoms with Crippen molar-refractivity contribution in [2.75, 3.05) is 19.7 Å². The fraction of sp³-hybridized carbons (Fsp3) is 0.588. The molecule has 3 rings (SSSR count). The Morgan fingerprint density at radius 1 is 1.39 bits per heavy atom. The minimum absolute atomic E-state index is 0. The van der Waals surface area contributed by atoms with Gasteiger partial charge in [0.15, 0.2) is 0 Å². The van der Waals surface area contributed by atoms with Crippen molar-refractivity contribution in [1.29, 1.82) is 0 Å². The lowest BCUT2D eigenvalue weighted by Gasteiger charge is -2.32. The molecule has 0 bridgehead atoms. The number of carbonyl (C=O) groups is 1. The number of benzene rings is 1. The normalized spacial score (nSPS) is 23.1. The van der Waals surface area contributed by atoms with Crippen molar-refractivity contribution in [1.82, 2.24) is 10.6 Å². The van der Waals surface area contributed by atoms with Crippen LogP contribution in [-0.4, -0.2) is 31.7 Å². The van der Waals surface area contributed by atoms with Gasteiger partial charge in [0.2, 0.25) is 5.91 Å². The number of morpholine rings is 1. The largest absolute Gasteiger partial charge is 0.375 e. The zero-order chi connectivity index (χ0) is 15.4. The number of hydrogen-bond donors (Lipinski definition) is 2. The van der Waals surface area contributed by atoms with E-state index in [-0.39, 0.29) is 30.0 Å². The van der Waals surface area contributed by atoms with Gasteiger partial charge in [-0.15, -0.1) is 12.4 Å². The molecule has 1 aromatic rings. The highest BCUT2D eigenvalue weighted by Gasteiger charge is 2.37. The first-order valence-corrected chi connectivity index (χ1v) is 8.45. The average Bonchev–Trinajstić information content (AvgIpc) is 2.98. The Hall–Kier alpha value is -0.810. The van der Waals surface area contributed by atoms with Gasteiger partial charge in [0, 0.05) is 18.1 Å². The van der Waals surface area contributed by atoms with Crippen LogP contribution in [0.3, 0.4) is 0 Å². The smallest absolute Gasteiger partial charge is 0.223 e. The first-order valence-electron chi connectivity index (χ1n) is 8.07. The summed E-state index contributed by atoms with van der Waals surface area (Å²) in [5.41, 5.74) is 0.859. The molecule has 1 unspecified atom stereocenters. The summed E-state index contributed by atoms with van der Waals surface area (Å²) in [6.45, 7) is 2.29. The van der Waals surface area contributed by atoms with Crippen LogP contribution in [0.15, 0.2) is 24.3 Å². The zero-order valence-electron chi connectivity index (χ0n) is 13.1. The number of ether oxygens (including phenoxy) is 1. The van der Waals surface area contributed by atoms with Crippen molar-refractivity contribution < 1.29 is 9.53 Å². The minimum atomic E-state index is -0.260. The molecule has 1 saturated heterocycles. The number of nitrogens with one attached hydrogen (secondary N) is 2. The van der Waals surface area contributed by atoms with E-state index in [1.165, 1.54) is 0 Å². The van der Waals surface area contributed by atoms with E-state index in [4.69, 9.17) is 16.3 Å². The van der Waals surface area contributed by atoms with E-state index in [9.17, 15) is 4.79 Å². The van der Waals surface area contributed by atoms with Crippen LogP contribution in [0.2, 0.25) is 5.02 Å². The zero-order valence-corrected chi connectivity index (χ0v) is 14.7. The average molecular weight is 359 g/mol. The van der Waals surface area contributed by atoms with Gasteiger partial charge in [-0.25, -0.2) is 0 Å². The maximum Gasteiger partial charge on any atom is 0.223 e. The maximum atomic E-state index is 12.5. The van der Waals surface area contributed by atoms with Crippen LogP contribution in [0.1, 0.15) is 37.7 Å². The Morgan fingerprint density at radius 2 is 2.17 bits per heavy atom. The van der Waals surface area contributed by atoms with E-state index in [1.807, 2.05) is 18.2 Å². The van der Waals surface area contributed by atoms with Gasteiger partial charge in [-0.2, -0.15) is 0 Å². The molecule has 2 fully saturated rings. The summed E-state index contributed by atoms with van der Waals surface area (Å²) < 4.78 is 5.63. The molecule has 1 saturated carbocycles. The lowest BCUT2D eigenvalue weighted by molar-refractivity contribution is -0.126. The molecular formula is C17H24Cl2N2O2. The third-order valence-corrected chi connectivity index (χ3v) is 4.87. The van der Waals surface area contributed by atoms with Crippen LogP contribution < -0.4 is 10.6 Å². The molecule has 1 aliphatic carbocycles. The van der Waals surface area contributed by atoms with Crippen molar-refractivity contribution in [3.05, 3.63) is 34.9 Å². The van der Waals surface area contributed by atoms with Gasteiger partial charge in [0.1, 0.15) is 0 Å². The molecule has 1 amide bonds. The maximum absolute atomic E-state index is 12.5. The molecule has 2 N–H and O–H groups in total. The summed E-state index contributed by atoms with van der Waals surface area (Å²) in [6, 6.07) is 7.87. The molecule has 0 aromatic heterocycles. The molecular weight excluding hydrogens is 335 g/mol. The molecule has 23 heavy (non-hydrogen) atoms. The fourth-order valence-electron chi connectivity index (χ4n) is 3.53. The van der Waals surface area contributed by atoms with E-state index in [0.717, 1.165) is 49.4 Å². The van der Waals surface area contributed by atoms with E-state index in [2.05, 4.69) is 16.7 Å². The van der Waals surface area contributed by atoms with Crippen LogP contribution in [0.25, 0.3) is 0 Å². The Kier molecular flexibility index (Phi) is 6.72. The second-order valence-electron chi connectivity index (χ2n) is 6.25. The Balaban J connectivity index is 0.00000192. The number of rotatable bonds is 4. The summed E-state index contributed by atoms with van der Waals surface area (Å²) in [6.07, 6.45) is 4.61. The standard InChI is InChI=1S/C17H23ClN2O2.ClH/c18-14-5-3-4-13(10-14)17(6-1-2-7-17)20-16(21)11-15-12-19-8-9-22-15;/h3-5,10,15,19H,1-2,6-9,11-12H2,(H,20,21);1H. The van der Waals surface area contributed by atoms with Crippen molar-refractivity contribution in [3.63, 3.8) is 0 Å². The van der Waals surface area contributed by atoms with E-state index < -0.39 is 0 Å². The lowest BCUT2D eigenvalue weighted by atomic mass is 9.88. The summed E-state index contributed by atoms with van der Waals surface area (Å²) in [7, 11) is 0. The quantitative estimate of drug-likeness (QED) is 0.869. The topological polar surface area (TPSA) is 50.4 Å². The molecule has 6 heteroatoms. The first kappa shape index (κ1) is 18.5. The third-order valence-electron chi connectivity index (χ3n) is 4.63. The SMILES string of the molecule is Cl.O=C(CC1CNCCO1)NC1(c2cccc(Cl)c2)CCCC1. The lowest BCUT2D eigenvalue weighted by Crippen LogP contribution is -2.47. The Labute approximate surface area is 148 Å². The molecule has 1 atom stereocenters. The van der Waals surface area contributed by atoms with Gasteiger partial charge in [0.25, 0.3) is 0 Å². The number of halogens is 2. The molecule has 1 aromatic carbocycles. The summed E-state index contributed by atoms with van der Waals surface area (Å²) in [5.74, 6) is 0.0653. The highest BCUT2D eigenvalue weighted by molar-refractivity contribution is 6.30. The molecule has 128 valence electrons. The molecule has 2 aliphatic rings. The van der Waals surface area contributed by atoms with Gasteiger partial charge < -0.3 is 15.4 Å². The Bertz CT molecular complexity index is 527. The predicted molar refractivity (Wildman–Crippen MR) is 94.2 cm³/mol. The van der Waals surface area contributed by atoms with Crippen molar-refractivity contribution >= 4 is 29.9 Å². The monoisotopic (exact) mass is 358 g/mol. The van der Waals surface area contributed by atoms with Gasteiger partial charge in [-0.05, 0) is 30.5 Å². The molecule has 4 nitrogen and oxygen atoms in total. The molecule has 1 heterocycles. The summed E-state index contributed by atoms with van der Waals surface area (Å²) >= 11 is 6.14. The van der Waals surface area contributed by atoms with Crippen molar-refractivity contribution in [2.45, 2.75) is 43.7 Å². The summed E-state index contributed by atoms with van der Waals surface area (Å²) in [5, 5.41) is 7.26. The van der Waals surface area contributed by atoms with Crippen LogP contribution in [-0.2, 0) is 15.1 Å². The van der Waals surface area contributed by atoms with Crippen LogP contribution in [0.4, 0.5) is 0 Å². The summed E-state index contributed by atoms with van der Waals surface area (Å²) in [4.78, 5) is 12.5. The van der Waals surface area contributed by atoms with Crippen LogP contribution in [0.5, 0.6) is 0 Å². The highest BCUT2D eigenvalue weighted by atomic mass is 35.5. The number of amides is 1. The fourth-order valence-corrected chi connectivity index (χ4v) is 3.72. The van der Waals surface area contributed by atoms with Crippen LogP contribution >= 0.6 is 24.0 Å². The third kappa shape index (κ3) is 4.60. The first-order chi connectivity index (χ1) is 10.7. The van der Waals surface area contributed by atoms with Gasteiger partial charge in [0.05, 0.1) is 24.7 Å². The van der Waals surface area contributed by atoms with E-state index >= 15 is 0 Å². The second kappa shape index (κ2) is 8.34. The van der Waals surface area contributed by atoms with E-state index in [1.54, 1.807) is 0 Å². The Morgan fingerprint density at radius 3 is 2.83 bits per heavy atom. The number of hydrogen-bond acceptors (Lipinski definition) is 3. The van der Waals surface area contributed by atoms with Gasteiger partial charge >= 0.3 is 0 Å². The van der Waals surface area contributed by atoms with Crippen LogP contribution in [0, 0.1) is 0 Å².